The standard InChI is InChI=1S/C15H20N2O2/c1-10-12-7-5-6-8-13(12)19-14(10)9-16-15(18)11(2)17(3)4/h5-8,11H,9H2,1-4H3,(H,16,18)/t11-/m0/s1. The number of nitrogens with zero attached hydrogens (tertiary/aromatic N) is 1. The van der Waals surface area contributed by atoms with Gasteiger partial charge in [0.2, 0.25) is 5.91 Å². The van der Waals surface area contributed by atoms with Crippen molar-refractivity contribution < 1.29 is 9.21 Å². The molecule has 1 heterocycles. The molecule has 0 aliphatic rings. The molecule has 0 fully saturated rings. The van der Waals surface area contributed by atoms with Crippen LogP contribution in [-0.4, -0.2) is 30.9 Å². The molecule has 0 saturated heterocycles. The second-order valence-electron chi connectivity index (χ2n) is 5.00. The first-order chi connectivity index (χ1) is 9.00. The lowest BCUT2D eigenvalue weighted by molar-refractivity contribution is -0.125. The van der Waals surface area contributed by atoms with Crippen molar-refractivity contribution in [2.24, 2.45) is 0 Å². The fraction of sp³-hybridized carbons (Fsp3) is 0.400. The molecule has 4 heteroatoms. The molecule has 1 aromatic carbocycles. The van der Waals surface area contributed by atoms with Gasteiger partial charge in [0.1, 0.15) is 11.3 Å². The minimum atomic E-state index is -0.148. The smallest absolute Gasteiger partial charge is 0.237 e. The van der Waals surface area contributed by atoms with E-state index < -0.39 is 0 Å². The zero-order valence-corrected chi connectivity index (χ0v) is 11.9. The van der Waals surface area contributed by atoms with Crippen molar-refractivity contribution in [3.05, 3.63) is 35.6 Å². The summed E-state index contributed by atoms with van der Waals surface area (Å²) in [5.74, 6) is 0.824. The second kappa shape index (κ2) is 5.45. The number of fused-ring (bicyclic) bond motifs is 1. The number of hydrogen-bond acceptors (Lipinski definition) is 3. The van der Waals surface area contributed by atoms with Gasteiger partial charge < -0.3 is 9.73 Å². The number of amides is 1. The van der Waals surface area contributed by atoms with Crippen LogP contribution in [0.25, 0.3) is 11.0 Å². The fourth-order valence-electron chi connectivity index (χ4n) is 1.94. The summed E-state index contributed by atoms with van der Waals surface area (Å²) >= 11 is 0. The highest BCUT2D eigenvalue weighted by atomic mass is 16.3. The van der Waals surface area contributed by atoms with Crippen molar-refractivity contribution in [3.63, 3.8) is 0 Å². The van der Waals surface area contributed by atoms with E-state index in [4.69, 9.17) is 4.42 Å². The van der Waals surface area contributed by atoms with Crippen LogP contribution in [0.1, 0.15) is 18.2 Å². The molecule has 0 unspecified atom stereocenters. The predicted octanol–water partition coefficient (Wildman–Crippen LogP) is 2.31. The molecule has 0 bridgehead atoms. The van der Waals surface area contributed by atoms with E-state index >= 15 is 0 Å². The Morgan fingerprint density at radius 1 is 1.37 bits per heavy atom. The topological polar surface area (TPSA) is 45.5 Å². The van der Waals surface area contributed by atoms with Gasteiger partial charge in [-0.25, -0.2) is 0 Å². The Kier molecular flexibility index (Phi) is 3.90. The SMILES string of the molecule is Cc1c(CNC(=O)[C@H](C)N(C)C)oc2ccccc12. The molecule has 4 nitrogen and oxygen atoms in total. The van der Waals surface area contributed by atoms with Crippen LogP contribution in [0.4, 0.5) is 0 Å². The van der Waals surface area contributed by atoms with Crippen LogP contribution in [0.3, 0.4) is 0 Å². The Bertz CT molecular complexity index is 587. The van der Waals surface area contributed by atoms with E-state index in [1.54, 1.807) is 0 Å². The highest BCUT2D eigenvalue weighted by Crippen LogP contribution is 2.24. The van der Waals surface area contributed by atoms with E-state index in [2.05, 4.69) is 5.32 Å². The lowest BCUT2D eigenvalue weighted by atomic mass is 10.1. The third kappa shape index (κ3) is 2.79. The molecule has 1 amide bonds. The molecule has 0 aliphatic carbocycles. The minimum Gasteiger partial charge on any atom is -0.459 e. The summed E-state index contributed by atoms with van der Waals surface area (Å²) in [6.45, 7) is 4.32. The lowest BCUT2D eigenvalue weighted by Gasteiger charge is -2.18. The van der Waals surface area contributed by atoms with Crippen molar-refractivity contribution in [2.75, 3.05) is 14.1 Å². The maximum Gasteiger partial charge on any atom is 0.237 e. The zero-order chi connectivity index (χ0) is 14.0. The number of para-hydroxylation sites is 1. The normalized spacial score (nSPS) is 12.9. The van der Waals surface area contributed by atoms with E-state index in [0.717, 1.165) is 22.3 Å². The lowest BCUT2D eigenvalue weighted by Crippen LogP contribution is -2.41. The average Bonchev–Trinajstić information content (AvgIpc) is 2.72. The number of furan rings is 1. The highest BCUT2D eigenvalue weighted by molar-refractivity contribution is 5.83. The highest BCUT2D eigenvalue weighted by Gasteiger charge is 2.16. The molecule has 0 radical (unpaired) electrons. The van der Waals surface area contributed by atoms with Crippen molar-refractivity contribution in [2.45, 2.75) is 26.4 Å². The predicted molar refractivity (Wildman–Crippen MR) is 75.9 cm³/mol. The molecule has 1 aromatic heterocycles. The van der Waals surface area contributed by atoms with Crippen molar-refractivity contribution in [1.82, 2.24) is 10.2 Å². The van der Waals surface area contributed by atoms with Crippen LogP contribution in [0.2, 0.25) is 0 Å². The molecule has 2 aromatic rings. The van der Waals surface area contributed by atoms with Gasteiger partial charge in [-0.15, -0.1) is 0 Å². The number of nitrogens with one attached hydrogen (secondary N) is 1. The Balaban J connectivity index is 2.10. The number of carbonyl (C=O) groups is 1. The van der Waals surface area contributed by atoms with Gasteiger partial charge in [-0.2, -0.15) is 0 Å². The zero-order valence-electron chi connectivity index (χ0n) is 11.9. The maximum atomic E-state index is 11.9. The van der Waals surface area contributed by atoms with Crippen LogP contribution >= 0.6 is 0 Å². The number of aryl methyl sites for hydroxylation is 1. The van der Waals surface area contributed by atoms with Gasteiger partial charge in [-0.3, -0.25) is 9.69 Å². The van der Waals surface area contributed by atoms with E-state index in [1.165, 1.54) is 0 Å². The van der Waals surface area contributed by atoms with Gasteiger partial charge in [0.25, 0.3) is 0 Å². The summed E-state index contributed by atoms with van der Waals surface area (Å²) < 4.78 is 5.76. The van der Waals surface area contributed by atoms with Gasteiger partial charge in [0, 0.05) is 10.9 Å². The molecule has 0 aliphatic heterocycles. The molecule has 102 valence electrons. The Labute approximate surface area is 113 Å². The molecule has 2 rings (SSSR count). The van der Waals surface area contributed by atoms with Crippen LogP contribution in [0, 0.1) is 6.92 Å². The van der Waals surface area contributed by atoms with Crippen LogP contribution < -0.4 is 5.32 Å². The monoisotopic (exact) mass is 260 g/mol. The third-order valence-corrected chi connectivity index (χ3v) is 3.52. The van der Waals surface area contributed by atoms with E-state index in [0.29, 0.717) is 6.54 Å². The quantitative estimate of drug-likeness (QED) is 0.917. The first-order valence-corrected chi connectivity index (χ1v) is 6.42. The molecular weight excluding hydrogens is 240 g/mol. The van der Waals surface area contributed by atoms with E-state index in [9.17, 15) is 4.79 Å². The van der Waals surface area contributed by atoms with Crippen LogP contribution in [0.5, 0.6) is 0 Å². The summed E-state index contributed by atoms with van der Waals surface area (Å²) in [5, 5.41) is 4.01. The van der Waals surface area contributed by atoms with Crippen molar-refractivity contribution in [1.29, 1.82) is 0 Å². The summed E-state index contributed by atoms with van der Waals surface area (Å²) in [4.78, 5) is 13.8. The van der Waals surface area contributed by atoms with Crippen molar-refractivity contribution in [3.8, 4) is 0 Å². The van der Waals surface area contributed by atoms with Crippen LogP contribution in [0.15, 0.2) is 28.7 Å². The second-order valence-corrected chi connectivity index (χ2v) is 5.00. The number of hydrogen-bond donors (Lipinski definition) is 1. The van der Waals surface area contributed by atoms with E-state index in [-0.39, 0.29) is 11.9 Å². The fourth-order valence-corrected chi connectivity index (χ4v) is 1.94. The van der Waals surface area contributed by atoms with Crippen LogP contribution in [-0.2, 0) is 11.3 Å². The van der Waals surface area contributed by atoms with Gasteiger partial charge in [-0.1, -0.05) is 18.2 Å². The maximum absolute atomic E-state index is 11.9. The molecule has 0 saturated carbocycles. The van der Waals surface area contributed by atoms with Gasteiger partial charge in [0.05, 0.1) is 12.6 Å². The molecule has 0 spiro atoms. The summed E-state index contributed by atoms with van der Waals surface area (Å²) in [5.41, 5.74) is 1.96. The number of benzene rings is 1. The Morgan fingerprint density at radius 2 is 2.05 bits per heavy atom. The Hall–Kier alpha value is -1.81. The molecule has 1 N–H and O–H groups in total. The number of likely N-dealkylation sites (N-methyl/N-ethyl adjacent to an activating group) is 1. The molecule has 19 heavy (non-hydrogen) atoms. The molecular formula is C15H20N2O2. The third-order valence-electron chi connectivity index (χ3n) is 3.52. The molecule has 1 atom stereocenters. The number of carbonyl (C=O) groups excluding carboxylic acids is 1. The summed E-state index contributed by atoms with van der Waals surface area (Å²) in [7, 11) is 3.77. The van der Waals surface area contributed by atoms with Crippen molar-refractivity contribution >= 4 is 16.9 Å². The summed E-state index contributed by atoms with van der Waals surface area (Å²) in [6, 6.07) is 7.76. The minimum absolute atomic E-state index is 0.00450. The largest absolute Gasteiger partial charge is 0.459 e. The van der Waals surface area contributed by atoms with Gasteiger partial charge >= 0.3 is 0 Å². The first kappa shape index (κ1) is 13.6. The number of rotatable bonds is 4. The average molecular weight is 260 g/mol. The summed E-state index contributed by atoms with van der Waals surface area (Å²) in [6.07, 6.45) is 0. The van der Waals surface area contributed by atoms with Gasteiger partial charge in [0.15, 0.2) is 0 Å². The van der Waals surface area contributed by atoms with E-state index in [1.807, 2.05) is 57.1 Å². The first-order valence-electron chi connectivity index (χ1n) is 6.42. The Morgan fingerprint density at radius 3 is 2.68 bits per heavy atom. The van der Waals surface area contributed by atoms with Gasteiger partial charge in [-0.05, 0) is 34.0 Å².